The van der Waals surface area contributed by atoms with Gasteiger partial charge in [0.05, 0.1) is 24.1 Å². The van der Waals surface area contributed by atoms with Crippen LogP contribution in [0.1, 0.15) is 45.6 Å². The second-order valence-electron chi connectivity index (χ2n) is 13.3. The van der Waals surface area contributed by atoms with Crippen molar-refractivity contribution in [3.63, 3.8) is 0 Å². The van der Waals surface area contributed by atoms with E-state index in [1.54, 1.807) is 38.3 Å². The summed E-state index contributed by atoms with van der Waals surface area (Å²) in [5.74, 6) is -7.74. The molecule has 1 aromatic carbocycles. The topological polar surface area (TPSA) is 396 Å². The Balaban J connectivity index is 2.36. The van der Waals surface area contributed by atoms with Crippen LogP contribution >= 0.6 is 35.1 Å². The van der Waals surface area contributed by atoms with E-state index in [0.29, 0.717) is 10.9 Å². The Hall–Kier alpha value is -3.70. The number of para-hydroxylation sites is 1. The summed E-state index contributed by atoms with van der Waals surface area (Å²) >= 11 is 1.23. The summed E-state index contributed by atoms with van der Waals surface area (Å²) in [5, 5.41) is 20.3. The number of carbonyl (C=O) groups is 6. The van der Waals surface area contributed by atoms with Gasteiger partial charge in [-0.25, -0.2) is 18.5 Å². The van der Waals surface area contributed by atoms with Gasteiger partial charge < -0.3 is 61.5 Å². The first-order chi connectivity index (χ1) is 26.6. The maximum absolute atomic E-state index is 13.7. The molecule has 0 bridgehead atoms. The largest absolute Gasteiger partial charge is 0.480 e. The number of carboxylic acids is 1. The number of hydrogen-bond donors (Lipinski definition) is 13. The minimum Gasteiger partial charge on any atom is -0.480 e. The van der Waals surface area contributed by atoms with Crippen LogP contribution in [0.25, 0.3) is 10.9 Å². The van der Waals surface area contributed by atoms with Gasteiger partial charge in [0.1, 0.15) is 18.1 Å². The number of carboxylic acid groups (broad SMARTS) is 1. The van der Waals surface area contributed by atoms with E-state index in [4.69, 9.17) is 25.3 Å². The number of carbonyl (C=O) groups excluding carboxylic acids is 5. The van der Waals surface area contributed by atoms with Crippen LogP contribution in [0.4, 0.5) is 0 Å². The van der Waals surface area contributed by atoms with Crippen molar-refractivity contribution in [2.75, 3.05) is 12.0 Å². The van der Waals surface area contributed by atoms with Gasteiger partial charge in [-0.05, 0) is 55.7 Å². The van der Waals surface area contributed by atoms with Gasteiger partial charge in [0.25, 0.3) is 0 Å². The fourth-order valence-electron chi connectivity index (χ4n) is 5.48. The second-order valence-corrected chi connectivity index (χ2v) is 18.3. The molecule has 2 rings (SSSR count). The molecule has 1 aromatic heterocycles. The maximum atomic E-state index is 13.7. The SMILES string of the molecule is CSCC[C@H](NC(=O)[C@H](CC(C)C)NC(=O)[C@@H](N)Cc1cn(P(=O)(O)O)c2ccccc12)C(=O)N[C@@H](CC(=O)NP(=O)(O)O)C(=O)N[C@H](C(=O)O)[C@@H](C)OP(=O)(O)O. The molecule has 0 aliphatic rings. The minimum atomic E-state index is -5.29. The monoisotopic (exact) mass is 903 g/mol. The fraction of sp³-hybridized carbons (Fsp3) is 0.533. The first kappa shape index (κ1) is 50.4. The second kappa shape index (κ2) is 21.5. The van der Waals surface area contributed by atoms with Crippen molar-refractivity contribution in [3.05, 3.63) is 36.0 Å². The molecule has 0 saturated carbocycles. The third kappa shape index (κ3) is 16.5. The van der Waals surface area contributed by atoms with Crippen molar-refractivity contribution in [3.8, 4) is 0 Å². The highest BCUT2D eigenvalue weighted by atomic mass is 32.2. The number of nitrogens with zero attached hydrogens (tertiary/aromatic N) is 1. The zero-order chi connectivity index (χ0) is 44.3. The summed E-state index contributed by atoms with van der Waals surface area (Å²) < 4.78 is 39.8. The lowest BCUT2D eigenvalue weighted by Gasteiger charge is -2.27. The number of nitrogens with one attached hydrogen (secondary N) is 5. The molecule has 14 N–H and O–H groups in total. The quantitative estimate of drug-likeness (QED) is 0.0557. The number of aromatic nitrogens is 1. The summed E-state index contributed by atoms with van der Waals surface area (Å²) in [7, 11) is -15.3. The molecule has 28 heteroatoms. The van der Waals surface area contributed by atoms with Crippen LogP contribution in [0.5, 0.6) is 0 Å². The van der Waals surface area contributed by atoms with Crippen molar-refractivity contribution in [1.29, 1.82) is 0 Å². The van der Waals surface area contributed by atoms with Crippen molar-refractivity contribution < 1.29 is 81.5 Å². The Labute approximate surface area is 335 Å². The summed E-state index contributed by atoms with van der Waals surface area (Å²) in [5.41, 5.74) is 6.72. The van der Waals surface area contributed by atoms with Gasteiger partial charge in [-0.15, -0.1) is 0 Å². The third-order valence-electron chi connectivity index (χ3n) is 8.05. The van der Waals surface area contributed by atoms with Gasteiger partial charge >= 0.3 is 29.3 Å². The number of nitrogens with two attached hydrogens (primary N) is 1. The first-order valence-electron chi connectivity index (χ1n) is 17.1. The number of rotatable bonds is 23. The molecular weight excluding hydrogens is 855 g/mol. The van der Waals surface area contributed by atoms with Crippen molar-refractivity contribution >= 4 is 81.5 Å². The third-order valence-corrected chi connectivity index (χ3v) is 10.7. The minimum absolute atomic E-state index is 0.0116. The highest BCUT2D eigenvalue weighted by Crippen LogP contribution is 2.42. The number of aliphatic carboxylic acids is 1. The fourth-order valence-corrected chi connectivity index (χ4v) is 7.67. The lowest BCUT2D eigenvalue weighted by Crippen LogP contribution is -2.60. The van der Waals surface area contributed by atoms with E-state index in [0.717, 1.165) is 11.3 Å². The highest BCUT2D eigenvalue weighted by Gasteiger charge is 2.37. The molecule has 0 aliphatic carbocycles. The van der Waals surface area contributed by atoms with Crippen molar-refractivity contribution in [2.24, 2.45) is 11.7 Å². The smallest absolute Gasteiger partial charge is 0.469 e. The highest BCUT2D eigenvalue weighted by molar-refractivity contribution is 7.98. The zero-order valence-electron chi connectivity index (χ0n) is 31.5. The molecule has 2 aromatic rings. The van der Waals surface area contributed by atoms with E-state index in [9.17, 15) is 57.4 Å². The molecule has 1 heterocycles. The van der Waals surface area contributed by atoms with Gasteiger partial charge in [0, 0.05) is 11.6 Å². The number of phosphoric ester groups is 1. The molecule has 326 valence electrons. The Bertz CT molecular complexity index is 1970. The molecule has 0 saturated heterocycles. The number of fused-ring (bicyclic) bond motifs is 1. The number of phosphoric acid groups is 1. The molecule has 0 fully saturated rings. The predicted octanol–water partition coefficient (Wildman–Crippen LogP) is -1.63. The Morgan fingerprint density at radius 1 is 0.828 bits per heavy atom. The molecule has 0 radical (unpaired) electrons. The molecule has 0 unspecified atom stereocenters. The average molecular weight is 904 g/mol. The van der Waals surface area contributed by atoms with E-state index in [-0.39, 0.29) is 36.4 Å². The number of thioether (sulfide) groups is 1. The Morgan fingerprint density at radius 2 is 1.38 bits per heavy atom. The summed E-state index contributed by atoms with van der Waals surface area (Å²) in [4.78, 5) is 135. The van der Waals surface area contributed by atoms with Gasteiger partial charge in [-0.2, -0.15) is 11.8 Å². The van der Waals surface area contributed by atoms with Crippen LogP contribution in [0, 0.1) is 5.92 Å². The molecule has 24 nitrogen and oxygen atoms in total. The van der Waals surface area contributed by atoms with Crippen LogP contribution in [0.2, 0.25) is 0 Å². The van der Waals surface area contributed by atoms with Gasteiger partial charge in [0.2, 0.25) is 29.5 Å². The number of amides is 5. The van der Waals surface area contributed by atoms with E-state index in [1.165, 1.54) is 29.1 Å². The van der Waals surface area contributed by atoms with Gasteiger partial charge in [-0.1, -0.05) is 32.0 Å². The lowest BCUT2D eigenvalue weighted by molar-refractivity contribution is -0.145. The van der Waals surface area contributed by atoms with Crippen LogP contribution in [-0.4, -0.2) is 123 Å². The molecule has 5 amide bonds. The molecule has 0 spiro atoms. The molecule has 0 aliphatic heterocycles. The van der Waals surface area contributed by atoms with Gasteiger partial charge in [-0.3, -0.25) is 37.9 Å². The first-order valence-corrected chi connectivity index (χ1v) is 23.2. The molecule has 58 heavy (non-hydrogen) atoms. The van der Waals surface area contributed by atoms with Crippen molar-refractivity contribution in [2.45, 2.75) is 82.8 Å². The maximum Gasteiger partial charge on any atom is 0.469 e. The predicted molar refractivity (Wildman–Crippen MR) is 206 cm³/mol. The van der Waals surface area contributed by atoms with Crippen LogP contribution in [-0.2, 0) is 53.4 Å². The summed E-state index contributed by atoms with van der Waals surface area (Å²) in [6.45, 7) is 4.33. The van der Waals surface area contributed by atoms with E-state index in [2.05, 4.69) is 20.5 Å². The standard InChI is InChI=1S/C30H48N7O17P3S/c1-15(2)11-21(33-26(39)19(31)12-17-14-37(56(48,49)50)23-8-6-5-7-18(17)23)28(41)32-20(9-10-58-4)27(40)34-22(13-24(38)36-55(45,46)47)29(42)35-25(30(43)44)16(3)54-57(51,52)53/h5-8,14-16,19-22,25H,9-13,31H2,1-4H3,(H,32,41)(H,33,39)(H,34,40)(H,35,42)(H,43,44)(H2,48,49,50)(H2,51,52,53)(H3,36,38,45,46,47)/t16-,19+,20+,21+,22+,25+/m1/s1. The van der Waals surface area contributed by atoms with Crippen LogP contribution in [0.3, 0.4) is 0 Å². The Morgan fingerprint density at radius 3 is 1.91 bits per heavy atom. The van der Waals surface area contributed by atoms with Gasteiger partial charge in [0.15, 0.2) is 6.04 Å². The lowest BCUT2D eigenvalue weighted by atomic mass is 10.0. The zero-order valence-corrected chi connectivity index (χ0v) is 35.0. The average Bonchev–Trinajstić information content (AvgIpc) is 3.44. The molecular formula is C30H48N7O17P3S. The Kier molecular flexibility index (Phi) is 18.7. The number of benzene rings is 1. The van der Waals surface area contributed by atoms with Crippen LogP contribution in [0.15, 0.2) is 30.5 Å². The summed E-state index contributed by atoms with van der Waals surface area (Å²) in [6.07, 6.45) is -0.586. The normalized spacial score (nSPS) is 15.4. The number of hydrogen-bond acceptors (Lipinski definition) is 12. The van der Waals surface area contributed by atoms with Crippen molar-refractivity contribution in [1.82, 2.24) is 30.7 Å². The van der Waals surface area contributed by atoms with E-state index >= 15 is 0 Å². The van der Waals surface area contributed by atoms with Crippen LogP contribution < -0.4 is 32.1 Å². The molecule has 6 atom stereocenters. The van der Waals surface area contributed by atoms with E-state index in [1.807, 2.05) is 5.32 Å². The van der Waals surface area contributed by atoms with E-state index < -0.39 is 102 Å². The summed E-state index contributed by atoms with van der Waals surface area (Å²) in [6, 6.07) is -2.21.